The molecular weight excluding hydrogens is 244 g/mol. The first kappa shape index (κ1) is 13.9. The first-order valence-electron chi connectivity index (χ1n) is 6.73. The highest BCUT2D eigenvalue weighted by atomic mass is 16.6. The predicted molar refractivity (Wildman–Crippen MR) is 68.9 cm³/mol. The van der Waals surface area contributed by atoms with Gasteiger partial charge < -0.3 is 9.47 Å². The third-order valence-corrected chi connectivity index (χ3v) is 4.10. The molecule has 0 unspecified atom stereocenters. The van der Waals surface area contributed by atoms with Gasteiger partial charge in [0.25, 0.3) is 0 Å². The van der Waals surface area contributed by atoms with E-state index in [-0.39, 0.29) is 29.9 Å². The Morgan fingerprint density at radius 1 is 1.63 bits per heavy atom. The maximum atomic E-state index is 12.2. The molecular formula is C15H20O4. The maximum absolute atomic E-state index is 12.2. The van der Waals surface area contributed by atoms with E-state index in [9.17, 15) is 9.59 Å². The maximum Gasteiger partial charge on any atom is 0.310 e. The first-order valence-corrected chi connectivity index (χ1v) is 6.73. The minimum absolute atomic E-state index is 0.0840. The van der Waals surface area contributed by atoms with E-state index in [1.807, 2.05) is 13.8 Å². The van der Waals surface area contributed by atoms with Crippen LogP contribution in [-0.2, 0) is 19.1 Å². The Labute approximate surface area is 113 Å². The molecule has 4 nitrogen and oxygen atoms in total. The predicted octanol–water partition coefficient (Wildman–Crippen LogP) is 1.92. The van der Waals surface area contributed by atoms with E-state index in [2.05, 4.69) is 5.92 Å². The summed E-state index contributed by atoms with van der Waals surface area (Å²) in [5.41, 5.74) is -0.400. The van der Waals surface area contributed by atoms with Crippen molar-refractivity contribution in [2.45, 2.75) is 51.7 Å². The van der Waals surface area contributed by atoms with Crippen molar-refractivity contribution in [2.24, 2.45) is 17.8 Å². The van der Waals surface area contributed by atoms with Crippen molar-refractivity contribution in [1.82, 2.24) is 0 Å². The van der Waals surface area contributed by atoms with Gasteiger partial charge in [-0.15, -0.1) is 12.3 Å². The van der Waals surface area contributed by atoms with E-state index in [0.29, 0.717) is 19.3 Å². The van der Waals surface area contributed by atoms with Crippen LogP contribution in [0.15, 0.2) is 0 Å². The molecule has 1 aliphatic carbocycles. The van der Waals surface area contributed by atoms with Crippen LogP contribution in [0.1, 0.15) is 40.0 Å². The van der Waals surface area contributed by atoms with Gasteiger partial charge in [0.15, 0.2) is 0 Å². The van der Waals surface area contributed by atoms with Crippen LogP contribution < -0.4 is 0 Å². The molecule has 0 aromatic heterocycles. The van der Waals surface area contributed by atoms with Gasteiger partial charge in [0.1, 0.15) is 11.7 Å². The highest BCUT2D eigenvalue weighted by Crippen LogP contribution is 2.48. The second-order valence-corrected chi connectivity index (χ2v) is 6.04. The lowest BCUT2D eigenvalue weighted by atomic mass is 9.69. The Kier molecular flexibility index (Phi) is 3.58. The number of rotatable bonds is 3. The lowest BCUT2D eigenvalue weighted by Gasteiger charge is -2.35. The van der Waals surface area contributed by atoms with Crippen molar-refractivity contribution in [1.29, 1.82) is 0 Å². The monoisotopic (exact) mass is 264 g/mol. The molecule has 5 atom stereocenters. The number of terminal acetylenes is 1. The van der Waals surface area contributed by atoms with E-state index < -0.39 is 11.5 Å². The van der Waals surface area contributed by atoms with Crippen molar-refractivity contribution < 1.29 is 19.1 Å². The van der Waals surface area contributed by atoms with Crippen LogP contribution in [0.4, 0.5) is 0 Å². The van der Waals surface area contributed by atoms with Gasteiger partial charge in [-0.05, 0) is 26.2 Å². The van der Waals surface area contributed by atoms with Gasteiger partial charge in [-0.1, -0.05) is 6.92 Å². The minimum Gasteiger partial charge on any atom is -0.461 e. The molecule has 104 valence electrons. The summed E-state index contributed by atoms with van der Waals surface area (Å²) in [6, 6.07) is 0. The number of fused-ring (bicyclic) bond motifs is 2. The SMILES string of the molecule is C#CC[C@H](C)OC(=O)[C@@H]1[C@@H](C)C[C@]2(C)C[C@H]1C(=O)O2. The summed E-state index contributed by atoms with van der Waals surface area (Å²) in [5.74, 6) is 1.21. The molecule has 0 amide bonds. The second-order valence-electron chi connectivity index (χ2n) is 6.04. The van der Waals surface area contributed by atoms with E-state index >= 15 is 0 Å². The molecule has 2 fully saturated rings. The number of carbonyl (C=O) groups excluding carboxylic acids is 2. The number of hydrogen-bond donors (Lipinski definition) is 0. The zero-order valence-corrected chi connectivity index (χ0v) is 11.6. The molecule has 2 aliphatic rings. The summed E-state index contributed by atoms with van der Waals surface area (Å²) in [7, 11) is 0. The zero-order valence-electron chi connectivity index (χ0n) is 11.6. The number of hydrogen-bond acceptors (Lipinski definition) is 4. The molecule has 0 spiro atoms. The van der Waals surface area contributed by atoms with Crippen LogP contribution in [0.5, 0.6) is 0 Å². The zero-order chi connectivity index (χ0) is 14.2. The van der Waals surface area contributed by atoms with Crippen molar-refractivity contribution in [3.63, 3.8) is 0 Å². The Hall–Kier alpha value is -1.50. The minimum atomic E-state index is -0.400. The molecule has 0 N–H and O–H groups in total. The summed E-state index contributed by atoms with van der Waals surface area (Å²) in [6.45, 7) is 5.68. The fourth-order valence-electron chi connectivity index (χ4n) is 3.39. The quantitative estimate of drug-likeness (QED) is 0.577. The lowest BCUT2D eigenvalue weighted by Crippen LogP contribution is -2.41. The van der Waals surface area contributed by atoms with Gasteiger partial charge in [0.05, 0.1) is 11.8 Å². The molecule has 2 rings (SSSR count). The first-order chi connectivity index (χ1) is 8.86. The highest BCUT2D eigenvalue weighted by Gasteiger charge is 2.56. The van der Waals surface area contributed by atoms with Crippen molar-refractivity contribution in [3.05, 3.63) is 0 Å². The van der Waals surface area contributed by atoms with E-state index in [0.717, 1.165) is 0 Å². The summed E-state index contributed by atoms with van der Waals surface area (Å²) in [6.07, 6.45) is 6.59. The molecule has 1 saturated heterocycles. The van der Waals surface area contributed by atoms with Gasteiger partial charge in [-0.2, -0.15) is 0 Å². The largest absolute Gasteiger partial charge is 0.461 e. The van der Waals surface area contributed by atoms with Crippen LogP contribution in [0.3, 0.4) is 0 Å². The highest BCUT2D eigenvalue weighted by molar-refractivity contribution is 5.84. The van der Waals surface area contributed by atoms with E-state index in [4.69, 9.17) is 15.9 Å². The Balaban J connectivity index is 2.09. The smallest absolute Gasteiger partial charge is 0.310 e. The summed E-state index contributed by atoms with van der Waals surface area (Å²) >= 11 is 0. The van der Waals surface area contributed by atoms with E-state index in [1.165, 1.54) is 0 Å². The summed E-state index contributed by atoms with van der Waals surface area (Å²) in [4.78, 5) is 24.1. The van der Waals surface area contributed by atoms with Crippen LogP contribution >= 0.6 is 0 Å². The summed E-state index contributed by atoms with van der Waals surface area (Å²) in [5, 5.41) is 0. The van der Waals surface area contributed by atoms with Crippen molar-refractivity contribution in [3.8, 4) is 12.3 Å². The fourth-order valence-corrected chi connectivity index (χ4v) is 3.39. The molecule has 1 heterocycles. The van der Waals surface area contributed by atoms with Crippen molar-refractivity contribution in [2.75, 3.05) is 0 Å². The molecule has 0 aromatic rings. The van der Waals surface area contributed by atoms with Gasteiger partial charge >= 0.3 is 11.9 Å². The van der Waals surface area contributed by atoms with E-state index in [1.54, 1.807) is 6.92 Å². The summed E-state index contributed by atoms with van der Waals surface area (Å²) < 4.78 is 10.7. The van der Waals surface area contributed by atoms with Gasteiger partial charge in [0.2, 0.25) is 0 Å². The molecule has 2 bridgehead atoms. The lowest BCUT2D eigenvalue weighted by molar-refractivity contribution is -0.160. The van der Waals surface area contributed by atoms with Crippen molar-refractivity contribution >= 4 is 11.9 Å². The molecule has 19 heavy (non-hydrogen) atoms. The Bertz CT molecular complexity index is 436. The molecule has 1 saturated carbocycles. The van der Waals surface area contributed by atoms with Crippen LogP contribution in [-0.4, -0.2) is 23.6 Å². The average Bonchev–Trinajstić information content (AvgIpc) is 2.49. The third kappa shape index (κ3) is 2.60. The third-order valence-electron chi connectivity index (χ3n) is 4.10. The number of carbonyl (C=O) groups is 2. The molecule has 1 aliphatic heterocycles. The number of esters is 2. The molecule has 0 aromatic carbocycles. The topological polar surface area (TPSA) is 52.6 Å². The van der Waals surface area contributed by atoms with Gasteiger partial charge in [-0.25, -0.2) is 0 Å². The average molecular weight is 264 g/mol. The standard InChI is InChI=1S/C15H20O4/c1-5-6-10(3)18-14(17)12-9(2)7-15(4)8-11(12)13(16)19-15/h1,9-12H,6-8H2,2-4H3/t9-,10-,11+,12+,15+/m0/s1. The fraction of sp³-hybridized carbons (Fsp3) is 0.733. The molecule has 0 radical (unpaired) electrons. The van der Waals surface area contributed by atoms with Gasteiger partial charge in [-0.3, -0.25) is 9.59 Å². The normalized spacial score (nSPS) is 38.2. The number of ether oxygens (including phenoxy) is 2. The van der Waals surface area contributed by atoms with Crippen LogP contribution in [0, 0.1) is 30.1 Å². The Morgan fingerprint density at radius 3 is 2.95 bits per heavy atom. The Morgan fingerprint density at radius 2 is 2.32 bits per heavy atom. The van der Waals surface area contributed by atoms with Gasteiger partial charge in [0, 0.05) is 12.8 Å². The van der Waals surface area contributed by atoms with Crippen LogP contribution in [0.2, 0.25) is 0 Å². The van der Waals surface area contributed by atoms with Crippen LogP contribution in [0.25, 0.3) is 0 Å². The molecule has 4 heteroatoms. The second kappa shape index (κ2) is 4.88.